The molecule has 1 aromatic carbocycles. The number of benzene rings is 1. The molecule has 3 N–H and O–H groups in total. The number of hydrogen-bond donors (Lipinski definition) is 3. The lowest BCUT2D eigenvalue weighted by Crippen LogP contribution is -2.40. The number of rotatable bonds is 6. The quantitative estimate of drug-likeness (QED) is 0.753. The highest BCUT2D eigenvalue weighted by Crippen LogP contribution is 2.18. The lowest BCUT2D eigenvalue weighted by atomic mass is 9.99. The lowest BCUT2D eigenvalue weighted by molar-refractivity contribution is -0.138. The van der Waals surface area contributed by atoms with Crippen LogP contribution < -0.4 is 10.6 Å². The molecule has 0 aliphatic carbocycles. The van der Waals surface area contributed by atoms with Crippen molar-refractivity contribution in [1.29, 1.82) is 0 Å². The van der Waals surface area contributed by atoms with Gasteiger partial charge in [-0.2, -0.15) is 13.2 Å². The zero-order chi connectivity index (χ0) is 15.9. The number of carboxylic acid groups (broad SMARTS) is 1. The first-order chi connectivity index (χ1) is 9.79. The van der Waals surface area contributed by atoms with E-state index in [2.05, 4.69) is 5.32 Å². The highest BCUT2D eigenvalue weighted by Gasteiger charge is 2.26. The van der Waals surface area contributed by atoms with Gasteiger partial charge in [0.15, 0.2) is 0 Å². The van der Waals surface area contributed by atoms with Crippen molar-refractivity contribution in [3.05, 3.63) is 35.9 Å². The van der Waals surface area contributed by atoms with Crippen molar-refractivity contribution in [2.75, 3.05) is 13.1 Å². The minimum atomic E-state index is -4.35. The van der Waals surface area contributed by atoms with Gasteiger partial charge in [0.05, 0.1) is 12.3 Å². The van der Waals surface area contributed by atoms with E-state index >= 15 is 0 Å². The summed E-state index contributed by atoms with van der Waals surface area (Å²) in [5.41, 5.74) is 0.501. The van der Waals surface area contributed by atoms with Crippen molar-refractivity contribution in [1.82, 2.24) is 10.6 Å². The molecule has 0 aliphatic rings. The largest absolute Gasteiger partial charge is 0.481 e. The van der Waals surface area contributed by atoms with Gasteiger partial charge in [0.1, 0.15) is 0 Å². The monoisotopic (exact) mass is 304 g/mol. The molecule has 1 atom stereocenters. The predicted molar refractivity (Wildman–Crippen MR) is 68.9 cm³/mol. The van der Waals surface area contributed by atoms with Crippen molar-refractivity contribution < 1.29 is 27.9 Å². The molecule has 0 bridgehead atoms. The van der Waals surface area contributed by atoms with E-state index in [1.54, 1.807) is 30.3 Å². The summed E-state index contributed by atoms with van der Waals surface area (Å²) in [5.74, 6) is -2.09. The lowest BCUT2D eigenvalue weighted by Gasteiger charge is -2.14. The zero-order valence-corrected chi connectivity index (χ0v) is 11.0. The number of carbonyl (C=O) groups is 2. The molecule has 5 nitrogen and oxygen atoms in total. The van der Waals surface area contributed by atoms with Crippen LogP contribution in [0, 0.1) is 0 Å². The molecular formula is C13H15F3N2O3. The number of nitrogens with one attached hydrogen (secondary N) is 2. The number of urea groups is 1. The van der Waals surface area contributed by atoms with E-state index in [0.29, 0.717) is 5.56 Å². The maximum Gasteiger partial charge on any atom is 0.390 e. The molecule has 1 unspecified atom stereocenters. The van der Waals surface area contributed by atoms with E-state index in [4.69, 9.17) is 5.11 Å². The fourth-order valence-electron chi connectivity index (χ4n) is 1.61. The molecule has 0 heterocycles. The van der Waals surface area contributed by atoms with Crippen molar-refractivity contribution in [2.24, 2.45) is 0 Å². The van der Waals surface area contributed by atoms with Crippen molar-refractivity contribution in [3.8, 4) is 0 Å². The van der Waals surface area contributed by atoms with Crippen LogP contribution in [0.4, 0.5) is 18.0 Å². The van der Waals surface area contributed by atoms with E-state index < -0.39 is 37.1 Å². The molecule has 0 aliphatic heterocycles. The molecular weight excluding hydrogens is 289 g/mol. The van der Waals surface area contributed by atoms with Gasteiger partial charge >= 0.3 is 18.2 Å². The normalized spacial score (nSPS) is 12.5. The van der Waals surface area contributed by atoms with Gasteiger partial charge in [-0.25, -0.2) is 4.79 Å². The van der Waals surface area contributed by atoms with E-state index in [-0.39, 0.29) is 6.54 Å². The Morgan fingerprint density at radius 3 is 2.29 bits per heavy atom. The average molecular weight is 304 g/mol. The number of halogens is 3. The van der Waals surface area contributed by atoms with Crippen LogP contribution in [-0.4, -0.2) is 36.4 Å². The Hall–Kier alpha value is -2.25. The highest BCUT2D eigenvalue weighted by atomic mass is 19.4. The second kappa shape index (κ2) is 7.51. The molecule has 0 saturated heterocycles. The van der Waals surface area contributed by atoms with Crippen LogP contribution in [0.5, 0.6) is 0 Å². The second-order valence-electron chi connectivity index (χ2n) is 4.30. The summed E-state index contributed by atoms with van der Waals surface area (Å²) < 4.78 is 35.7. The van der Waals surface area contributed by atoms with Gasteiger partial charge in [-0.15, -0.1) is 0 Å². The highest BCUT2D eigenvalue weighted by molar-refractivity contribution is 5.79. The number of aliphatic carboxylic acids is 1. The third-order valence-corrected chi connectivity index (χ3v) is 2.66. The van der Waals surface area contributed by atoms with Crippen molar-refractivity contribution in [2.45, 2.75) is 18.5 Å². The van der Waals surface area contributed by atoms with E-state index in [0.717, 1.165) is 0 Å². The smallest absolute Gasteiger partial charge is 0.390 e. The fourth-order valence-corrected chi connectivity index (χ4v) is 1.61. The summed E-state index contributed by atoms with van der Waals surface area (Å²) in [6, 6.07) is 7.41. The number of alkyl halides is 3. The molecule has 2 amide bonds. The van der Waals surface area contributed by atoms with E-state index in [1.807, 2.05) is 5.32 Å². The standard InChI is InChI=1S/C13H15F3N2O3/c14-13(15,16)6-7-17-12(21)18-8-10(11(19)20)9-4-2-1-3-5-9/h1-5,10H,6-8H2,(H,19,20)(H2,17,18,21). The molecule has 0 saturated carbocycles. The van der Waals surface area contributed by atoms with E-state index in [1.165, 1.54) is 0 Å². The minimum Gasteiger partial charge on any atom is -0.481 e. The van der Waals surface area contributed by atoms with Crippen LogP contribution in [0.15, 0.2) is 30.3 Å². The molecule has 1 aromatic rings. The number of carbonyl (C=O) groups excluding carboxylic acids is 1. The Labute approximate surface area is 119 Å². The number of carboxylic acids is 1. The topological polar surface area (TPSA) is 78.4 Å². The van der Waals surface area contributed by atoms with Gasteiger partial charge in [0.2, 0.25) is 0 Å². The average Bonchev–Trinajstić information content (AvgIpc) is 2.38. The van der Waals surface area contributed by atoms with Crippen LogP contribution >= 0.6 is 0 Å². The van der Waals surface area contributed by atoms with Crippen LogP contribution in [0.25, 0.3) is 0 Å². The molecule has 0 aromatic heterocycles. The summed E-state index contributed by atoms with van der Waals surface area (Å²) in [4.78, 5) is 22.4. The first-order valence-corrected chi connectivity index (χ1v) is 6.16. The van der Waals surface area contributed by atoms with Gasteiger partial charge in [0, 0.05) is 13.1 Å². The fraction of sp³-hybridized carbons (Fsp3) is 0.385. The first kappa shape index (κ1) is 16.8. The second-order valence-corrected chi connectivity index (χ2v) is 4.30. The molecule has 21 heavy (non-hydrogen) atoms. The Morgan fingerprint density at radius 2 is 1.76 bits per heavy atom. The molecule has 1 rings (SSSR count). The molecule has 116 valence electrons. The minimum absolute atomic E-state index is 0.211. The summed E-state index contributed by atoms with van der Waals surface area (Å²) in [6.07, 6.45) is -5.48. The molecule has 0 radical (unpaired) electrons. The first-order valence-electron chi connectivity index (χ1n) is 6.16. The summed E-state index contributed by atoms with van der Waals surface area (Å²) in [6.45, 7) is -0.768. The Morgan fingerprint density at radius 1 is 1.14 bits per heavy atom. The Bertz CT molecular complexity index is 477. The number of hydrogen-bond acceptors (Lipinski definition) is 2. The van der Waals surface area contributed by atoms with Crippen LogP contribution in [0.1, 0.15) is 17.9 Å². The SMILES string of the molecule is O=C(NCCC(F)(F)F)NCC(C(=O)O)c1ccccc1. The van der Waals surface area contributed by atoms with Crippen LogP contribution in [0.2, 0.25) is 0 Å². The molecule has 0 spiro atoms. The summed E-state index contributed by atoms with van der Waals surface area (Å²) >= 11 is 0. The van der Waals surface area contributed by atoms with Gasteiger partial charge < -0.3 is 15.7 Å². The van der Waals surface area contributed by atoms with Crippen LogP contribution in [-0.2, 0) is 4.79 Å². The predicted octanol–water partition coefficient (Wildman–Crippen LogP) is 2.11. The van der Waals surface area contributed by atoms with Gasteiger partial charge in [-0.1, -0.05) is 30.3 Å². The Balaban J connectivity index is 2.44. The maximum atomic E-state index is 11.9. The van der Waals surface area contributed by atoms with Crippen molar-refractivity contribution >= 4 is 12.0 Å². The maximum absolute atomic E-state index is 11.9. The summed E-state index contributed by atoms with van der Waals surface area (Å²) in [7, 11) is 0. The van der Waals surface area contributed by atoms with Crippen LogP contribution in [0.3, 0.4) is 0 Å². The third kappa shape index (κ3) is 6.64. The third-order valence-electron chi connectivity index (χ3n) is 2.66. The van der Waals surface area contributed by atoms with Gasteiger partial charge in [-0.3, -0.25) is 4.79 Å². The molecule has 8 heteroatoms. The number of amides is 2. The van der Waals surface area contributed by atoms with E-state index in [9.17, 15) is 22.8 Å². The van der Waals surface area contributed by atoms with Gasteiger partial charge in [0.25, 0.3) is 0 Å². The Kier molecular flexibility index (Phi) is 6.01. The van der Waals surface area contributed by atoms with Gasteiger partial charge in [-0.05, 0) is 5.56 Å². The zero-order valence-electron chi connectivity index (χ0n) is 11.0. The summed E-state index contributed by atoms with van der Waals surface area (Å²) in [5, 5.41) is 13.4. The molecule has 0 fully saturated rings. The van der Waals surface area contributed by atoms with Crippen molar-refractivity contribution in [3.63, 3.8) is 0 Å².